The molecule has 4 heteroatoms. The van der Waals surface area contributed by atoms with Crippen LogP contribution >= 0.6 is 0 Å². The summed E-state index contributed by atoms with van der Waals surface area (Å²) in [6.07, 6.45) is 1.63. The van der Waals surface area contributed by atoms with Crippen LogP contribution < -0.4 is 10.7 Å². The topological polar surface area (TPSA) is 58.7 Å². The van der Waals surface area contributed by atoms with Crippen molar-refractivity contribution in [2.75, 3.05) is 11.6 Å². The number of hydrogen-bond acceptors (Lipinski definition) is 3. The molecule has 1 aromatic rings. The number of amides is 1. The van der Waals surface area contributed by atoms with Gasteiger partial charge in [-0.15, -0.1) is 0 Å². The summed E-state index contributed by atoms with van der Waals surface area (Å²) >= 11 is 0. The van der Waals surface area contributed by atoms with Gasteiger partial charge in [0, 0.05) is 5.71 Å². The molecule has 1 amide bonds. The van der Waals surface area contributed by atoms with Crippen LogP contribution in [0.3, 0.4) is 0 Å². The van der Waals surface area contributed by atoms with Crippen molar-refractivity contribution in [1.82, 2.24) is 0 Å². The molecular weight excluding hydrogens is 238 g/mol. The standard InChI is InChI=1S/C15H21N3O/c1-10-7-11(2)9-13(8-10)18-15(19)14(5-4-6-16)12(3)17-18/h7-9,14H,4-6,16H2,1-3H3. The van der Waals surface area contributed by atoms with Crippen LogP contribution in [0.15, 0.2) is 23.3 Å². The number of nitrogens with two attached hydrogens (primary N) is 1. The summed E-state index contributed by atoms with van der Waals surface area (Å²) < 4.78 is 0. The number of carbonyl (C=O) groups is 1. The molecule has 0 radical (unpaired) electrons. The molecule has 0 saturated heterocycles. The summed E-state index contributed by atoms with van der Waals surface area (Å²) in [7, 11) is 0. The molecule has 2 N–H and O–H groups in total. The van der Waals surface area contributed by atoms with Gasteiger partial charge in [0.1, 0.15) is 0 Å². The first-order valence-electron chi connectivity index (χ1n) is 6.70. The van der Waals surface area contributed by atoms with E-state index in [0.717, 1.165) is 35.4 Å². The number of carbonyl (C=O) groups excluding carboxylic acids is 1. The number of aryl methyl sites for hydroxylation is 2. The van der Waals surface area contributed by atoms with E-state index in [4.69, 9.17) is 5.73 Å². The summed E-state index contributed by atoms with van der Waals surface area (Å²) in [4.78, 5) is 12.4. The second kappa shape index (κ2) is 5.53. The zero-order chi connectivity index (χ0) is 14.0. The highest BCUT2D eigenvalue weighted by molar-refractivity contribution is 6.14. The molecule has 0 saturated carbocycles. The van der Waals surface area contributed by atoms with Gasteiger partial charge in [-0.3, -0.25) is 4.79 Å². The van der Waals surface area contributed by atoms with E-state index in [1.165, 1.54) is 5.01 Å². The molecule has 0 spiro atoms. The second-order valence-corrected chi connectivity index (χ2v) is 5.22. The Bertz CT molecular complexity index is 502. The maximum Gasteiger partial charge on any atom is 0.256 e. The van der Waals surface area contributed by atoms with Gasteiger partial charge in [0.25, 0.3) is 5.91 Å². The molecule has 0 aliphatic carbocycles. The zero-order valence-electron chi connectivity index (χ0n) is 11.8. The fourth-order valence-electron chi connectivity index (χ4n) is 2.52. The largest absolute Gasteiger partial charge is 0.330 e. The summed E-state index contributed by atoms with van der Waals surface area (Å²) in [5.41, 5.74) is 9.54. The first-order valence-corrected chi connectivity index (χ1v) is 6.70. The van der Waals surface area contributed by atoms with Crippen LogP contribution in [0.5, 0.6) is 0 Å². The minimum absolute atomic E-state index is 0.0657. The van der Waals surface area contributed by atoms with Crippen molar-refractivity contribution < 1.29 is 4.79 Å². The van der Waals surface area contributed by atoms with Crippen LogP contribution in [0, 0.1) is 19.8 Å². The molecule has 4 nitrogen and oxygen atoms in total. The Morgan fingerprint density at radius 2 is 1.84 bits per heavy atom. The van der Waals surface area contributed by atoms with Crippen molar-refractivity contribution in [2.24, 2.45) is 16.8 Å². The number of benzene rings is 1. The average molecular weight is 259 g/mol. The molecule has 102 valence electrons. The Morgan fingerprint density at radius 3 is 2.42 bits per heavy atom. The number of anilines is 1. The Morgan fingerprint density at radius 1 is 1.21 bits per heavy atom. The lowest BCUT2D eigenvalue weighted by atomic mass is 9.98. The van der Waals surface area contributed by atoms with Gasteiger partial charge < -0.3 is 5.73 Å². The molecule has 1 aliphatic rings. The minimum Gasteiger partial charge on any atom is -0.330 e. The maximum atomic E-state index is 12.4. The Balaban J connectivity index is 2.25. The lowest BCUT2D eigenvalue weighted by Gasteiger charge is -2.15. The molecule has 0 aromatic heterocycles. The first-order chi connectivity index (χ1) is 9.02. The third-order valence-electron chi connectivity index (χ3n) is 3.42. The number of rotatable bonds is 4. The van der Waals surface area contributed by atoms with Gasteiger partial charge in [0.05, 0.1) is 11.6 Å². The predicted octanol–water partition coefficient (Wildman–Crippen LogP) is 2.38. The van der Waals surface area contributed by atoms with E-state index in [1.54, 1.807) is 0 Å². The zero-order valence-corrected chi connectivity index (χ0v) is 11.8. The molecule has 0 bridgehead atoms. The molecule has 1 atom stereocenters. The molecule has 1 aliphatic heterocycles. The maximum absolute atomic E-state index is 12.4. The van der Waals surface area contributed by atoms with Gasteiger partial charge in [-0.1, -0.05) is 6.07 Å². The van der Waals surface area contributed by atoms with Gasteiger partial charge in [-0.05, 0) is 63.4 Å². The Hall–Kier alpha value is -1.68. The molecule has 1 aromatic carbocycles. The Labute approximate surface area is 114 Å². The fourth-order valence-corrected chi connectivity index (χ4v) is 2.52. The van der Waals surface area contributed by atoms with Crippen molar-refractivity contribution in [3.63, 3.8) is 0 Å². The average Bonchev–Trinajstić information content (AvgIpc) is 2.61. The normalized spacial score (nSPS) is 18.9. The molecule has 2 rings (SSSR count). The van der Waals surface area contributed by atoms with Gasteiger partial charge in [0.15, 0.2) is 0 Å². The van der Waals surface area contributed by atoms with Crippen LogP contribution in [0.2, 0.25) is 0 Å². The lowest BCUT2D eigenvalue weighted by molar-refractivity contribution is -0.119. The Kier molecular flexibility index (Phi) is 4.00. The third kappa shape index (κ3) is 2.84. The van der Waals surface area contributed by atoms with Crippen molar-refractivity contribution in [2.45, 2.75) is 33.6 Å². The highest BCUT2D eigenvalue weighted by Crippen LogP contribution is 2.27. The number of nitrogens with zero attached hydrogens (tertiary/aromatic N) is 2. The lowest BCUT2D eigenvalue weighted by Crippen LogP contribution is -2.27. The summed E-state index contributed by atoms with van der Waals surface area (Å²) in [5.74, 6) is -0.0414. The van der Waals surface area contributed by atoms with E-state index in [1.807, 2.05) is 32.9 Å². The smallest absolute Gasteiger partial charge is 0.256 e. The van der Waals surface area contributed by atoms with Crippen LogP contribution in [0.1, 0.15) is 30.9 Å². The summed E-state index contributed by atoms with van der Waals surface area (Å²) in [6, 6.07) is 6.08. The van der Waals surface area contributed by atoms with Gasteiger partial charge >= 0.3 is 0 Å². The monoisotopic (exact) mass is 259 g/mol. The molecular formula is C15H21N3O. The van der Waals surface area contributed by atoms with Gasteiger partial charge in [0.2, 0.25) is 0 Å². The quantitative estimate of drug-likeness (QED) is 0.902. The number of hydrazone groups is 1. The van der Waals surface area contributed by atoms with E-state index in [0.29, 0.717) is 6.54 Å². The van der Waals surface area contributed by atoms with Crippen molar-refractivity contribution in [3.05, 3.63) is 29.3 Å². The van der Waals surface area contributed by atoms with Crippen molar-refractivity contribution >= 4 is 17.3 Å². The summed E-state index contributed by atoms with van der Waals surface area (Å²) in [5, 5.41) is 5.95. The third-order valence-corrected chi connectivity index (χ3v) is 3.42. The van der Waals surface area contributed by atoms with E-state index in [2.05, 4.69) is 11.2 Å². The van der Waals surface area contributed by atoms with Gasteiger partial charge in [-0.25, -0.2) is 5.01 Å². The molecule has 1 heterocycles. The SMILES string of the molecule is CC1=NN(c2cc(C)cc(C)c2)C(=O)C1CCCN. The molecule has 19 heavy (non-hydrogen) atoms. The molecule has 1 unspecified atom stereocenters. The predicted molar refractivity (Wildman–Crippen MR) is 78.3 cm³/mol. The van der Waals surface area contributed by atoms with Crippen LogP contribution in [0.4, 0.5) is 5.69 Å². The van der Waals surface area contributed by atoms with Gasteiger partial charge in [-0.2, -0.15) is 5.10 Å². The first kappa shape index (κ1) is 13.7. The van der Waals surface area contributed by atoms with E-state index >= 15 is 0 Å². The number of hydrogen-bond donors (Lipinski definition) is 1. The van der Waals surface area contributed by atoms with Crippen LogP contribution in [-0.4, -0.2) is 18.2 Å². The van der Waals surface area contributed by atoms with Crippen LogP contribution in [-0.2, 0) is 4.79 Å². The van der Waals surface area contributed by atoms with E-state index < -0.39 is 0 Å². The van der Waals surface area contributed by atoms with Crippen molar-refractivity contribution in [3.8, 4) is 0 Å². The highest BCUT2D eigenvalue weighted by Gasteiger charge is 2.33. The molecule has 0 fully saturated rings. The van der Waals surface area contributed by atoms with Crippen molar-refractivity contribution in [1.29, 1.82) is 0 Å². The second-order valence-electron chi connectivity index (χ2n) is 5.22. The van der Waals surface area contributed by atoms with Crippen LogP contribution in [0.25, 0.3) is 0 Å². The highest BCUT2D eigenvalue weighted by atomic mass is 16.2. The van der Waals surface area contributed by atoms with E-state index in [9.17, 15) is 4.79 Å². The van der Waals surface area contributed by atoms with E-state index in [-0.39, 0.29) is 11.8 Å². The fraction of sp³-hybridized carbons (Fsp3) is 0.467. The minimum atomic E-state index is -0.107. The summed E-state index contributed by atoms with van der Waals surface area (Å²) in [6.45, 7) is 6.58.